The third kappa shape index (κ3) is 4.91. The van der Waals surface area contributed by atoms with E-state index in [2.05, 4.69) is 202 Å². The number of para-hydroxylation sites is 2. The van der Waals surface area contributed by atoms with Crippen molar-refractivity contribution in [1.82, 2.24) is 19.1 Å². The Morgan fingerprint density at radius 2 is 0.881 bits per heavy atom. The second-order valence-electron chi connectivity index (χ2n) is 18.7. The third-order valence-electron chi connectivity index (χ3n) is 13.0. The van der Waals surface area contributed by atoms with Crippen molar-refractivity contribution < 1.29 is 0 Å². The van der Waals surface area contributed by atoms with Crippen LogP contribution in [0.4, 0.5) is 0 Å². The molecule has 5 heterocycles. The van der Waals surface area contributed by atoms with Crippen LogP contribution in [0.3, 0.4) is 0 Å². The number of rotatable bonds is 3. The summed E-state index contributed by atoms with van der Waals surface area (Å²) in [4.78, 5) is 10.8. The highest BCUT2D eigenvalue weighted by Gasteiger charge is 2.41. The molecule has 10 aromatic rings. The first-order valence-corrected chi connectivity index (χ1v) is 20.9. The summed E-state index contributed by atoms with van der Waals surface area (Å²) in [5.41, 5.74) is 19.1. The zero-order chi connectivity index (χ0) is 39.9. The number of benzene rings is 7. The fourth-order valence-electron chi connectivity index (χ4n) is 10.1. The lowest BCUT2D eigenvalue weighted by atomic mass is 9.34. The van der Waals surface area contributed by atoms with Gasteiger partial charge in [-0.05, 0) is 80.8 Å². The molecule has 4 nitrogen and oxygen atoms in total. The Balaban J connectivity index is 1.24. The van der Waals surface area contributed by atoms with Crippen LogP contribution in [-0.2, 0) is 10.8 Å². The molecule has 59 heavy (non-hydrogen) atoms. The highest BCUT2D eigenvalue weighted by atomic mass is 15.0. The number of fused-ring (bicyclic) bond motifs is 10. The summed E-state index contributed by atoms with van der Waals surface area (Å²) >= 11 is 0. The maximum absolute atomic E-state index is 5.39. The Kier molecular flexibility index (Phi) is 6.94. The van der Waals surface area contributed by atoms with Crippen LogP contribution in [0, 0.1) is 0 Å². The average molecular weight is 759 g/mol. The van der Waals surface area contributed by atoms with E-state index in [4.69, 9.17) is 9.97 Å². The molecule has 0 atom stereocenters. The Bertz CT molecular complexity index is 3180. The summed E-state index contributed by atoms with van der Waals surface area (Å²) < 4.78 is 5.11. The van der Waals surface area contributed by atoms with Gasteiger partial charge in [-0.15, -0.1) is 0 Å². The van der Waals surface area contributed by atoms with Crippen molar-refractivity contribution in [3.63, 3.8) is 0 Å². The van der Waals surface area contributed by atoms with Gasteiger partial charge in [-0.1, -0.05) is 151 Å². The van der Waals surface area contributed by atoms with Crippen LogP contribution >= 0.6 is 0 Å². The largest absolute Gasteiger partial charge is 0.310 e. The van der Waals surface area contributed by atoms with Crippen molar-refractivity contribution in [1.29, 1.82) is 0 Å². The smallest absolute Gasteiger partial charge is 0.252 e. The Morgan fingerprint density at radius 1 is 0.424 bits per heavy atom. The minimum absolute atomic E-state index is 0.0226. The van der Waals surface area contributed by atoms with Gasteiger partial charge in [-0.2, -0.15) is 0 Å². The number of hydrogen-bond donors (Lipinski definition) is 0. The van der Waals surface area contributed by atoms with Crippen molar-refractivity contribution >= 4 is 66.7 Å². The molecule has 7 aromatic carbocycles. The molecule has 0 bridgehead atoms. The Morgan fingerprint density at radius 3 is 1.32 bits per heavy atom. The molecule has 2 aliphatic heterocycles. The van der Waals surface area contributed by atoms with E-state index in [1.165, 1.54) is 82.5 Å². The van der Waals surface area contributed by atoms with Gasteiger partial charge in [0.2, 0.25) is 0 Å². The summed E-state index contributed by atoms with van der Waals surface area (Å²) in [7, 11) is 0. The molecule has 0 radical (unpaired) electrons. The van der Waals surface area contributed by atoms with Crippen molar-refractivity contribution in [3.05, 3.63) is 163 Å². The standard InChI is InChI=1S/C54H43BN4/c1-53(2,3)35-23-25-45-39(29-35)37-19-13-21-41-50(37)58(45)47-27-34(52-56-43(32-15-9-7-10-16-32)31-44(57-52)33-17-11-8-12-18-33)28-48-49(47)55(41)42-22-14-20-38-40-30-36(54(4,5)6)24-26-46(40)59(48)51(38)42/h7-31H,1-6H3. The summed E-state index contributed by atoms with van der Waals surface area (Å²) in [6.45, 7) is 13.9. The minimum atomic E-state index is 0.0226. The van der Waals surface area contributed by atoms with Gasteiger partial charge in [0.25, 0.3) is 6.71 Å². The van der Waals surface area contributed by atoms with Crippen LogP contribution in [-0.4, -0.2) is 25.8 Å². The van der Waals surface area contributed by atoms with Gasteiger partial charge in [-0.25, -0.2) is 9.97 Å². The molecule has 0 spiro atoms. The van der Waals surface area contributed by atoms with E-state index in [-0.39, 0.29) is 17.5 Å². The molecule has 0 aliphatic carbocycles. The fraction of sp³-hybridized carbons (Fsp3) is 0.148. The van der Waals surface area contributed by atoms with Crippen LogP contribution in [0.1, 0.15) is 52.7 Å². The molecule has 0 N–H and O–H groups in total. The van der Waals surface area contributed by atoms with Crippen molar-refractivity contribution in [3.8, 4) is 45.3 Å². The van der Waals surface area contributed by atoms with Crippen LogP contribution in [0.25, 0.3) is 88.9 Å². The zero-order valence-corrected chi connectivity index (χ0v) is 34.3. The van der Waals surface area contributed by atoms with Gasteiger partial charge >= 0.3 is 0 Å². The van der Waals surface area contributed by atoms with Crippen LogP contribution < -0.4 is 16.4 Å². The van der Waals surface area contributed by atoms with E-state index in [1.807, 2.05) is 0 Å². The monoisotopic (exact) mass is 758 g/mol. The zero-order valence-electron chi connectivity index (χ0n) is 34.3. The first kappa shape index (κ1) is 34.3. The van der Waals surface area contributed by atoms with Gasteiger partial charge in [0.1, 0.15) is 0 Å². The molecule has 0 fully saturated rings. The second-order valence-corrected chi connectivity index (χ2v) is 18.7. The van der Waals surface area contributed by atoms with Crippen LogP contribution in [0.15, 0.2) is 152 Å². The molecule has 0 saturated heterocycles. The van der Waals surface area contributed by atoms with Gasteiger partial charge in [0.15, 0.2) is 5.82 Å². The van der Waals surface area contributed by atoms with Crippen LogP contribution in [0.2, 0.25) is 0 Å². The SMILES string of the molecule is CC(C)(C)c1ccc2c(c1)c1cccc3c1n2-c1cc(-c2nc(-c4ccccc4)cc(-c4ccccc4)n2)cc2c1B3c1cccc3c4cc(C(C)(C)C)ccc4n-2c13. The normalized spacial score (nSPS) is 13.2. The lowest BCUT2D eigenvalue weighted by Gasteiger charge is -2.34. The molecule has 0 unspecified atom stereocenters. The summed E-state index contributed by atoms with van der Waals surface area (Å²) in [6.07, 6.45) is 0. The van der Waals surface area contributed by atoms with E-state index in [9.17, 15) is 0 Å². The highest BCUT2D eigenvalue weighted by Crippen LogP contribution is 2.42. The van der Waals surface area contributed by atoms with Crippen molar-refractivity contribution in [2.24, 2.45) is 0 Å². The van der Waals surface area contributed by atoms with E-state index in [0.717, 1.165) is 28.1 Å². The molecular formula is C54H43BN4. The maximum Gasteiger partial charge on any atom is 0.252 e. The molecule has 5 heteroatoms. The summed E-state index contributed by atoms with van der Waals surface area (Å²) in [5.74, 6) is 0.712. The first-order chi connectivity index (χ1) is 28.5. The molecule has 0 amide bonds. The maximum atomic E-state index is 5.39. The molecule has 12 rings (SSSR count). The topological polar surface area (TPSA) is 35.6 Å². The van der Waals surface area contributed by atoms with E-state index < -0.39 is 0 Å². The first-order valence-electron chi connectivity index (χ1n) is 20.9. The predicted molar refractivity (Wildman–Crippen MR) is 249 cm³/mol. The number of aromatic nitrogens is 4. The summed E-state index contributed by atoms with van der Waals surface area (Å²) in [6, 6.07) is 56.1. The Labute approximate surface area is 344 Å². The molecular weight excluding hydrogens is 715 g/mol. The lowest BCUT2D eigenvalue weighted by Crippen LogP contribution is -2.59. The minimum Gasteiger partial charge on any atom is -0.310 e. The van der Waals surface area contributed by atoms with E-state index in [1.54, 1.807) is 0 Å². The molecule has 3 aromatic heterocycles. The van der Waals surface area contributed by atoms with Crippen molar-refractivity contribution in [2.45, 2.75) is 52.4 Å². The fourth-order valence-corrected chi connectivity index (χ4v) is 10.1. The average Bonchev–Trinajstić information content (AvgIpc) is 3.77. The summed E-state index contributed by atoms with van der Waals surface area (Å²) in [5, 5.41) is 5.17. The molecule has 0 saturated carbocycles. The van der Waals surface area contributed by atoms with Crippen LogP contribution in [0.5, 0.6) is 0 Å². The second kappa shape index (κ2) is 11.9. The van der Waals surface area contributed by atoms with Crippen molar-refractivity contribution in [2.75, 3.05) is 0 Å². The quantitative estimate of drug-likeness (QED) is 0.168. The van der Waals surface area contributed by atoms with Gasteiger partial charge < -0.3 is 9.13 Å². The number of nitrogens with zero attached hydrogens (tertiary/aromatic N) is 4. The van der Waals surface area contributed by atoms with E-state index >= 15 is 0 Å². The van der Waals surface area contributed by atoms with E-state index in [0.29, 0.717) is 5.82 Å². The van der Waals surface area contributed by atoms with Gasteiger partial charge in [0, 0.05) is 60.6 Å². The molecule has 2 aliphatic rings. The molecule has 282 valence electrons. The lowest BCUT2D eigenvalue weighted by molar-refractivity contribution is 0.591. The predicted octanol–water partition coefficient (Wildman–Crippen LogP) is 11.4. The highest BCUT2D eigenvalue weighted by molar-refractivity contribution is 7.00. The van der Waals surface area contributed by atoms with Gasteiger partial charge in [-0.3, -0.25) is 0 Å². The third-order valence-corrected chi connectivity index (χ3v) is 13.0. The number of hydrogen-bond acceptors (Lipinski definition) is 2. The van der Waals surface area contributed by atoms with Gasteiger partial charge in [0.05, 0.1) is 22.4 Å². The Hall–Kier alpha value is -6.72.